The van der Waals surface area contributed by atoms with Crippen LogP contribution >= 0.6 is 23.2 Å². The van der Waals surface area contributed by atoms with Crippen LogP contribution in [0.15, 0.2) is 12.1 Å². The first-order chi connectivity index (χ1) is 6.18. The molecule has 1 unspecified atom stereocenters. The second-order valence-electron chi connectivity index (χ2n) is 2.96. The minimum atomic E-state index is -0.514. The molecule has 1 aliphatic rings. The van der Waals surface area contributed by atoms with Crippen molar-refractivity contribution in [3.63, 3.8) is 0 Å². The summed E-state index contributed by atoms with van der Waals surface area (Å²) in [6.45, 7) is 0.496. The van der Waals surface area contributed by atoms with E-state index in [9.17, 15) is 5.11 Å². The summed E-state index contributed by atoms with van der Waals surface area (Å²) in [5.74, 6) is 0.560. The molecule has 2 rings (SSSR count). The molecule has 2 nitrogen and oxygen atoms in total. The lowest BCUT2D eigenvalue weighted by molar-refractivity contribution is 0.115. The van der Waals surface area contributed by atoms with Gasteiger partial charge in [0.1, 0.15) is 5.75 Å². The zero-order valence-electron chi connectivity index (χ0n) is 6.76. The normalized spacial score (nSPS) is 20.7. The van der Waals surface area contributed by atoms with Crippen LogP contribution in [-0.2, 0) is 0 Å². The van der Waals surface area contributed by atoms with Crippen LogP contribution in [0.5, 0.6) is 5.75 Å². The van der Waals surface area contributed by atoms with Gasteiger partial charge >= 0.3 is 0 Å². The Balaban J connectivity index is 2.56. The van der Waals surface area contributed by atoms with Gasteiger partial charge in [0.2, 0.25) is 0 Å². The summed E-state index contributed by atoms with van der Waals surface area (Å²) in [5, 5.41) is 10.6. The number of aliphatic hydroxyl groups is 1. The molecule has 4 heteroatoms. The lowest BCUT2D eigenvalue weighted by Gasteiger charge is -2.23. The summed E-state index contributed by atoms with van der Waals surface area (Å²) in [6, 6.07) is 3.30. The van der Waals surface area contributed by atoms with E-state index in [4.69, 9.17) is 27.9 Å². The number of hydrogen-bond donors (Lipinski definition) is 1. The van der Waals surface area contributed by atoms with Gasteiger partial charge in [0, 0.05) is 17.0 Å². The number of ether oxygens (including phenoxy) is 1. The third-order valence-electron chi connectivity index (χ3n) is 2.03. The number of rotatable bonds is 0. The van der Waals surface area contributed by atoms with Crippen LogP contribution in [0.3, 0.4) is 0 Å². The van der Waals surface area contributed by atoms with Crippen molar-refractivity contribution in [2.24, 2.45) is 0 Å². The topological polar surface area (TPSA) is 29.5 Å². The van der Waals surface area contributed by atoms with E-state index in [1.165, 1.54) is 0 Å². The Morgan fingerprint density at radius 1 is 1.38 bits per heavy atom. The van der Waals surface area contributed by atoms with Crippen molar-refractivity contribution in [1.29, 1.82) is 0 Å². The lowest BCUT2D eigenvalue weighted by Crippen LogP contribution is -2.13. The second kappa shape index (κ2) is 3.37. The maximum atomic E-state index is 9.61. The van der Waals surface area contributed by atoms with E-state index in [0.29, 0.717) is 34.4 Å². The molecule has 13 heavy (non-hydrogen) atoms. The molecule has 1 aliphatic heterocycles. The molecule has 0 amide bonds. The third-order valence-corrected chi connectivity index (χ3v) is 2.53. The Labute approximate surface area is 86.0 Å². The van der Waals surface area contributed by atoms with Gasteiger partial charge in [-0.1, -0.05) is 23.2 Å². The molecule has 0 bridgehead atoms. The highest BCUT2D eigenvalue weighted by atomic mass is 35.5. The number of hydrogen-bond acceptors (Lipinski definition) is 2. The molecule has 0 radical (unpaired) electrons. The number of aliphatic hydroxyl groups excluding tert-OH is 1. The Hall–Kier alpha value is -0.440. The van der Waals surface area contributed by atoms with Gasteiger partial charge in [0.25, 0.3) is 0 Å². The Morgan fingerprint density at radius 2 is 2.15 bits per heavy atom. The van der Waals surface area contributed by atoms with Gasteiger partial charge in [-0.3, -0.25) is 0 Å². The van der Waals surface area contributed by atoms with Crippen molar-refractivity contribution in [1.82, 2.24) is 0 Å². The fourth-order valence-electron chi connectivity index (χ4n) is 1.41. The van der Waals surface area contributed by atoms with Crippen LogP contribution in [-0.4, -0.2) is 11.7 Å². The third kappa shape index (κ3) is 1.62. The zero-order chi connectivity index (χ0) is 9.42. The summed E-state index contributed by atoms with van der Waals surface area (Å²) in [7, 11) is 0. The molecular weight excluding hydrogens is 211 g/mol. The number of fused-ring (bicyclic) bond motifs is 1. The second-order valence-corrected chi connectivity index (χ2v) is 3.80. The van der Waals surface area contributed by atoms with Crippen molar-refractivity contribution in [2.75, 3.05) is 6.61 Å². The maximum Gasteiger partial charge on any atom is 0.143 e. The monoisotopic (exact) mass is 218 g/mol. The molecular formula is C9H8Cl2O2. The Kier molecular flexibility index (Phi) is 2.37. The van der Waals surface area contributed by atoms with Gasteiger partial charge in [0.15, 0.2) is 0 Å². The molecule has 0 aliphatic carbocycles. The van der Waals surface area contributed by atoms with E-state index in [1.807, 2.05) is 0 Å². The van der Waals surface area contributed by atoms with Crippen LogP contribution in [0.2, 0.25) is 10.0 Å². The summed E-state index contributed by atoms with van der Waals surface area (Å²) in [4.78, 5) is 0. The molecule has 1 atom stereocenters. The Bertz CT molecular complexity index is 339. The SMILES string of the molecule is OC1CCOc2c(Cl)cc(Cl)cc21. The van der Waals surface area contributed by atoms with Crippen LogP contribution in [0.25, 0.3) is 0 Å². The quantitative estimate of drug-likeness (QED) is 0.726. The molecule has 70 valence electrons. The lowest BCUT2D eigenvalue weighted by atomic mass is 10.0. The first-order valence-corrected chi connectivity index (χ1v) is 4.74. The highest BCUT2D eigenvalue weighted by Crippen LogP contribution is 2.39. The van der Waals surface area contributed by atoms with E-state index in [-0.39, 0.29) is 0 Å². The van der Waals surface area contributed by atoms with Crippen molar-refractivity contribution >= 4 is 23.2 Å². The first-order valence-electron chi connectivity index (χ1n) is 3.98. The summed E-state index contributed by atoms with van der Waals surface area (Å²) < 4.78 is 5.33. The van der Waals surface area contributed by atoms with Crippen molar-refractivity contribution < 1.29 is 9.84 Å². The van der Waals surface area contributed by atoms with E-state index in [1.54, 1.807) is 12.1 Å². The molecule has 1 aromatic rings. The van der Waals surface area contributed by atoms with E-state index >= 15 is 0 Å². The fraction of sp³-hybridized carbons (Fsp3) is 0.333. The average Bonchev–Trinajstić information content (AvgIpc) is 2.07. The van der Waals surface area contributed by atoms with Gasteiger partial charge in [-0.2, -0.15) is 0 Å². The molecule has 0 saturated heterocycles. The van der Waals surface area contributed by atoms with Crippen molar-refractivity contribution in [2.45, 2.75) is 12.5 Å². The fourth-order valence-corrected chi connectivity index (χ4v) is 1.97. The summed E-state index contributed by atoms with van der Waals surface area (Å²) in [6.07, 6.45) is 0.0730. The number of halogens is 2. The Morgan fingerprint density at radius 3 is 2.92 bits per heavy atom. The standard InChI is InChI=1S/C9H8Cl2O2/c10-5-3-6-8(12)1-2-13-9(6)7(11)4-5/h3-4,8,12H,1-2H2. The van der Waals surface area contributed by atoms with E-state index < -0.39 is 6.10 Å². The molecule has 0 fully saturated rings. The molecule has 0 spiro atoms. The summed E-state index contributed by atoms with van der Waals surface area (Å²) >= 11 is 11.7. The average molecular weight is 219 g/mol. The van der Waals surface area contributed by atoms with Gasteiger partial charge < -0.3 is 9.84 Å². The van der Waals surface area contributed by atoms with Crippen molar-refractivity contribution in [3.05, 3.63) is 27.7 Å². The van der Waals surface area contributed by atoms with Crippen LogP contribution in [0.1, 0.15) is 18.1 Å². The van der Waals surface area contributed by atoms with Crippen LogP contribution < -0.4 is 4.74 Å². The molecule has 0 aromatic heterocycles. The summed E-state index contributed by atoms with van der Waals surface area (Å²) in [5.41, 5.74) is 0.684. The van der Waals surface area contributed by atoms with E-state index in [0.717, 1.165) is 0 Å². The largest absolute Gasteiger partial charge is 0.492 e. The zero-order valence-corrected chi connectivity index (χ0v) is 8.27. The molecule has 1 N–H and O–H groups in total. The molecule has 1 heterocycles. The van der Waals surface area contributed by atoms with Crippen molar-refractivity contribution in [3.8, 4) is 5.75 Å². The predicted octanol–water partition coefficient (Wildman–Crippen LogP) is 2.81. The smallest absolute Gasteiger partial charge is 0.143 e. The maximum absolute atomic E-state index is 9.61. The minimum Gasteiger partial charge on any atom is -0.492 e. The van der Waals surface area contributed by atoms with Crippen LogP contribution in [0.4, 0.5) is 0 Å². The highest BCUT2D eigenvalue weighted by molar-refractivity contribution is 6.35. The van der Waals surface area contributed by atoms with E-state index in [2.05, 4.69) is 0 Å². The first kappa shape index (κ1) is 9.13. The number of benzene rings is 1. The minimum absolute atomic E-state index is 0.459. The molecule has 0 saturated carbocycles. The van der Waals surface area contributed by atoms with Gasteiger partial charge in [-0.05, 0) is 12.1 Å². The molecule has 1 aromatic carbocycles. The van der Waals surface area contributed by atoms with Gasteiger partial charge in [0.05, 0.1) is 17.7 Å². The highest BCUT2D eigenvalue weighted by Gasteiger charge is 2.22. The van der Waals surface area contributed by atoms with Crippen LogP contribution in [0, 0.1) is 0 Å². The van der Waals surface area contributed by atoms with Gasteiger partial charge in [-0.25, -0.2) is 0 Å². The predicted molar refractivity (Wildman–Crippen MR) is 51.5 cm³/mol. The van der Waals surface area contributed by atoms with Gasteiger partial charge in [-0.15, -0.1) is 0 Å².